The highest BCUT2D eigenvalue weighted by molar-refractivity contribution is 7.80. The summed E-state index contributed by atoms with van der Waals surface area (Å²) in [4.78, 5) is 0. The van der Waals surface area contributed by atoms with Gasteiger partial charge in [-0.1, -0.05) is 12.1 Å². The van der Waals surface area contributed by atoms with Gasteiger partial charge >= 0.3 is 7.12 Å². The Morgan fingerprint density at radius 1 is 1.30 bits per heavy atom. The van der Waals surface area contributed by atoms with Crippen molar-refractivity contribution in [2.75, 3.05) is 5.75 Å². The molecule has 0 spiro atoms. The van der Waals surface area contributed by atoms with Crippen LogP contribution in [-0.4, -0.2) is 24.1 Å². The van der Waals surface area contributed by atoms with Crippen molar-refractivity contribution in [2.24, 2.45) is 0 Å². The van der Waals surface area contributed by atoms with Crippen molar-refractivity contribution < 1.29 is 13.7 Å². The monoisotopic (exact) mass is 333 g/mol. The van der Waals surface area contributed by atoms with Crippen LogP contribution in [0.25, 0.3) is 6.08 Å². The van der Waals surface area contributed by atoms with Crippen LogP contribution in [0.5, 0.6) is 0 Å². The van der Waals surface area contributed by atoms with Gasteiger partial charge in [-0.25, -0.2) is 4.39 Å². The second-order valence-corrected chi connectivity index (χ2v) is 6.97. The molecular weight excluding hydrogens is 312 g/mol. The Kier molecular flexibility index (Phi) is 5.25. The van der Waals surface area contributed by atoms with Crippen molar-refractivity contribution in [3.8, 4) is 6.07 Å². The van der Waals surface area contributed by atoms with Crippen LogP contribution in [0.3, 0.4) is 0 Å². The van der Waals surface area contributed by atoms with Crippen LogP contribution >= 0.6 is 12.6 Å². The molecule has 1 aliphatic heterocycles. The molecule has 0 radical (unpaired) electrons. The first-order chi connectivity index (χ1) is 10.7. The van der Waals surface area contributed by atoms with Crippen LogP contribution in [-0.2, 0) is 15.7 Å². The predicted molar refractivity (Wildman–Crippen MR) is 93.6 cm³/mol. The minimum Gasteiger partial charge on any atom is -0.400 e. The van der Waals surface area contributed by atoms with Crippen molar-refractivity contribution in [1.29, 1.82) is 5.26 Å². The van der Waals surface area contributed by atoms with Gasteiger partial charge in [0.2, 0.25) is 0 Å². The fraction of sp³-hybridized carbons (Fsp3) is 0.471. The van der Waals surface area contributed by atoms with Crippen molar-refractivity contribution in [3.63, 3.8) is 0 Å². The summed E-state index contributed by atoms with van der Waals surface area (Å²) in [6.07, 6.45) is 1.93. The van der Waals surface area contributed by atoms with Gasteiger partial charge in [0.05, 0.1) is 23.7 Å². The molecule has 122 valence electrons. The SMILES string of the molecule is CC1(C)OB(C(=Cc2ccc(F)c(CC#N)c2)CS)OC1(C)C. The molecular formula is C17H21BFNO2S. The highest BCUT2D eigenvalue weighted by Crippen LogP contribution is 2.39. The largest absolute Gasteiger partial charge is 0.491 e. The lowest BCUT2D eigenvalue weighted by molar-refractivity contribution is 0.00578. The molecule has 0 unspecified atom stereocenters. The van der Waals surface area contributed by atoms with E-state index in [0.717, 1.165) is 11.0 Å². The van der Waals surface area contributed by atoms with Gasteiger partial charge in [0.25, 0.3) is 0 Å². The molecule has 2 rings (SSSR count). The van der Waals surface area contributed by atoms with Crippen LogP contribution in [0.1, 0.15) is 38.8 Å². The third-order valence-corrected chi connectivity index (χ3v) is 4.80. The second kappa shape index (κ2) is 6.68. The van der Waals surface area contributed by atoms with Crippen LogP contribution in [0.4, 0.5) is 4.39 Å². The standard InChI is InChI=1S/C17H21BFNO2S/c1-16(2)17(3,4)22-18(21-16)14(11-23)10-12-5-6-15(19)13(9-12)7-8-20/h5-6,9-10,23H,7,11H2,1-4H3. The molecule has 0 atom stereocenters. The van der Waals surface area contributed by atoms with Gasteiger partial charge in [-0.2, -0.15) is 17.9 Å². The molecule has 6 heteroatoms. The maximum Gasteiger partial charge on any atom is 0.491 e. The summed E-state index contributed by atoms with van der Waals surface area (Å²) in [5, 5.41) is 8.77. The molecule has 0 saturated carbocycles. The van der Waals surface area contributed by atoms with Gasteiger partial charge in [-0.15, -0.1) is 0 Å². The van der Waals surface area contributed by atoms with Crippen molar-refractivity contribution in [1.82, 2.24) is 0 Å². The molecule has 0 aromatic heterocycles. The third kappa shape index (κ3) is 3.80. The van der Waals surface area contributed by atoms with E-state index in [4.69, 9.17) is 14.6 Å². The molecule has 1 fully saturated rings. The fourth-order valence-electron chi connectivity index (χ4n) is 2.30. The molecule has 23 heavy (non-hydrogen) atoms. The Labute approximate surface area is 143 Å². The molecule has 1 aromatic carbocycles. The maximum absolute atomic E-state index is 13.6. The normalized spacial score (nSPS) is 19.7. The number of hydrogen-bond acceptors (Lipinski definition) is 4. The Balaban J connectivity index is 2.30. The lowest BCUT2D eigenvalue weighted by Gasteiger charge is -2.32. The summed E-state index contributed by atoms with van der Waals surface area (Å²) in [5.41, 5.74) is 1.20. The van der Waals surface area contributed by atoms with E-state index in [1.807, 2.05) is 39.8 Å². The molecule has 0 aliphatic carbocycles. The Morgan fingerprint density at radius 2 is 1.91 bits per heavy atom. The Hall–Kier alpha value is -1.29. The molecule has 1 aliphatic rings. The van der Waals surface area contributed by atoms with Gasteiger partial charge in [-0.05, 0) is 50.9 Å². The molecule has 1 aromatic rings. The van der Waals surface area contributed by atoms with E-state index in [1.165, 1.54) is 6.07 Å². The van der Waals surface area contributed by atoms with Crippen molar-refractivity contribution in [2.45, 2.75) is 45.3 Å². The summed E-state index contributed by atoms with van der Waals surface area (Å²) in [6.45, 7) is 7.97. The van der Waals surface area contributed by atoms with Gasteiger partial charge in [0, 0.05) is 11.3 Å². The van der Waals surface area contributed by atoms with E-state index >= 15 is 0 Å². The molecule has 1 heterocycles. The zero-order valence-corrected chi connectivity index (χ0v) is 14.8. The summed E-state index contributed by atoms with van der Waals surface area (Å²) >= 11 is 4.37. The lowest BCUT2D eigenvalue weighted by Crippen LogP contribution is -2.41. The van der Waals surface area contributed by atoms with Crippen LogP contribution < -0.4 is 0 Å². The van der Waals surface area contributed by atoms with E-state index in [1.54, 1.807) is 12.1 Å². The van der Waals surface area contributed by atoms with E-state index in [0.29, 0.717) is 11.3 Å². The summed E-state index contributed by atoms with van der Waals surface area (Å²) in [7, 11) is -0.484. The highest BCUT2D eigenvalue weighted by Gasteiger charge is 2.52. The smallest absolute Gasteiger partial charge is 0.400 e. The van der Waals surface area contributed by atoms with E-state index < -0.39 is 18.3 Å². The molecule has 1 saturated heterocycles. The quantitative estimate of drug-likeness (QED) is 0.672. The number of benzene rings is 1. The first kappa shape index (κ1) is 18.1. The average Bonchev–Trinajstić information content (AvgIpc) is 2.68. The molecule has 0 bridgehead atoms. The van der Waals surface area contributed by atoms with Crippen LogP contribution in [0.2, 0.25) is 0 Å². The Morgan fingerprint density at radius 3 is 2.43 bits per heavy atom. The predicted octanol–water partition coefficient (Wildman–Crippen LogP) is 3.84. The summed E-state index contributed by atoms with van der Waals surface area (Å²) < 4.78 is 25.7. The minimum atomic E-state index is -0.484. The number of nitriles is 1. The average molecular weight is 333 g/mol. The third-order valence-electron chi connectivity index (χ3n) is 4.43. The lowest BCUT2D eigenvalue weighted by atomic mass is 9.78. The maximum atomic E-state index is 13.6. The fourth-order valence-corrected chi connectivity index (χ4v) is 2.54. The summed E-state index contributed by atoms with van der Waals surface area (Å²) in [5.74, 6) is 0.0914. The van der Waals surface area contributed by atoms with E-state index in [9.17, 15) is 4.39 Å². The minimum absolute atomic E-state index is 0.0419. The topological polar surface area (TPSA) is 42.2 Å². The zero-order chi connectivity index (χ0) is 17.3. The number of halogens is 1. The molecule has 3 nitrogen and oxygen atoms in total. The van der Waals surface area contributed by atoms with E-state index in [2.05, 4.69) is 12.6 Å². The number of rotatable bonds is 4. The van der Waals surface area contributed by atoms with Crippen molar-refractivity contribution in [3.05, 3.63) is 40.6 Å². The van der Waals surface area contributed by atoms with Gasteiger partial charge in [0.15, 0.2) is 0 Å². The number of hydrogen-bond donors (Lipinski definition) is 1. The highest BCUT2D eigenvalue weighted by atomic mass is 32.1. The second-order valence-electron chi connectivity index (χ2n) is 6.65. The Bertz CT molecular complexity index is 651. The van der Waals surface area contributed by atoms with E-state index in [-0.39, 0.29) is 12.2 Å². The number of nitrogens with zero attached hydrogens (tertiary/aromatic N) is 1. The first-order valence-corrected chi connectivity index (χ1v) is 8.16. The van der Waals surface area contributed by atoms with Gasteiger partial charge < -0.3 is 9.31 Å². The number of thiol groups is 1. The summed E-state index contributed by atoms with van der Waals surface area (Å²) in [6, 6.07) is 6.69. The van der Waals surface area contributed by atoms with Gasteiger partial charge in [0.1, 0.15) is 5.82 Å². The van der Waals surface area contributed by atoms with Crippen molar-refractivity contribution >= 4 is 25.8 Å². The molecule has 0 N–H and O–H groups in total. The van der Waals surface area contributed by atoms with Crippen LogP contribution in [0.15, 0.2) is 23.7 Å². The zero-order valence-electron chi connectivity index (χ0n) is 13.9. The van der Waals surface area contributed by atoms with Gasteiger partial charge in [-0.3, -0.25) is 0 Å². The first-order valence-electron chi connectivity index (χ1n) is 7.52. The molecule has 0 amide bonds. The van der Waals surface area contributed by atoms with Crippen LogP contribution in [0, 0.1) is 17.1 Å².